The molecule has 3 unspecified atom stereocenters. The maximum Gasteiger partial charge on any atom is 0.245 e. The Kier molecular flexibility index (Phi) is 3.23. The van der Waals surface area contributed by atoms with Crippen LogP contribution in [0, 0.1) is 5.92 Å². The van der Waals surface area contributed by atoms with Gasteiger partial charge in [0.15, 0.2) is 0 Å². The lowest BCUT2D eigenvalue weighted by atomic mass is 9.83. The third kappa shape index (κ3) is 2.17. The molecule has 4 heteroatoms. The number of piperidine rings is 3. The van der Waals surface area contributed by atoms with Crippen LogP contribution in [0.2, 0.25) is 0 Å². The molecule has 1 aromatic rings. The molecule has 4 aliphatic heterocycles. The molecular weight excluding hydrogens is 262 g/mol. The summed E-state index contributed by atoms with van der Waals surface area (Å²) in [7, 11) is 0. The summed E-state index contributed by atoms with van der Waals surface area (Å²) in [6.07, 6.45) is 2.63. The number of hydrogen-bond acceptors (Lipinski definition) is 3. The van der Waals surface area contributed by atoms with Crippen LogP contribution in [-0.2, 0) is 4.79 Å². The van der Waals surface area contributed by atoms with Crippen LogP contribution in [0.15, 0.2) is 30.3 Å². The lowest BCUT2D eigenvalue weighted by Crippen LogP contribution is -2.59. The highest BCUT2D eigenvalue weighted by Gasteiger charge is 2.46. The molecular formula is C17H23N3O. The average Bonchev–Trinajstić information content (AvgIpc) is 2.84. The van der Waals surface area contributed by atoms with E-state index in [1.54, 1.807) is 0 Å². The lowest BCUT2D eigenvalue weighted by Gasteiger charge is -2.49. The van der Waals surface area contributed by atoms with Gasteiger partial charge >= 0.3 is 0 Å². The van der Waals surface area contributed by atoms with Crippen LogP contribution < -0.4 is 5.32 Å². The number of nitrogens with one attached hydrogen (secondary N) is 1. The van der Waals surface area contributed by atoms with Gasteiger partial charge in [-0.25, -0.2) is 0 Å². The Morgan fingerprint density at radius 2 is 1.86 bits per heavy atom. The lowest BCUT2D eigenvalue weighted by molar-refractivity contribution is -0.136. The van der Waals surface area contributed by atoms with Crippen LogP contribution in [0.1, 0.15) is 31.4 Å². The molecule has 112 valence electrons. The molecule has 0 aromatic heterocycles. The minimum Gasteiger partial charge on any atom is -0.321 e. The van der Waals surface area contributed by atoms with Crippen LogP contribution in [0.3, 0.4) is 0 Å². The number of carbonyl (C=O) groups is 1. The Hall–Kier alpha value is -1.39. The third-order valence-electron chi connectivity index (χ3n) is 5.44. The van der Waals surface area contributed by atoms with Gasteiger partial charge < -0.3 is 9.80 Å². The zero-order chi connectivity index (χ0) is 14.4. The average molecular weight is 285 g/mol. The first-order chi connectivity index (χ1) is 10.2. The van der Waals surface area contributed by atoms with Gasteiger partial charge in [-0.1, -0.05) is 30.3 Å². The third-order valence-corrected chi connectivity index (χ3v) is 5.44. The molecule has 4 nitrogen and oxygen atoms in total. The maximum absolute atomic E-state index is 12.9. The van der Waals surface area contributed by atoms with Crippen molar-refractivity contribution in [3.05, 3.63) is 35.9 Å². The number of fused-ring (bicyclic) bond motifs is 3. The fourth-order valence-corrected chi connectivity index (χ4v) is 4.32. The summed E-state index contributed by atoms with van der Waals surface area (Å²) in [5.41, 5.74) is 1.08. The van der Waals surface area contributed by atoms with Crippen LogP contribution in [0.4, 0.5) is 0 Å². The molecule has 4 fully saturated rings. The number of hydrogen-bond donors (Lipinski definition) is 1. The maximum atomic E-state index is 12.9. The van der Waals surface area contributed by atoms with Crippen LogP contribution in [0.25, 0.3) is 0 Å². The predicted octanol–water partition coefficient (Wildman–Crippen LogP) is 1.60. The molecule has 0 saturated carbocycles. The molecule has 5 rings (SSSR count). The summed E-state index contributed by atoms with van der Waals surface area (Å²) in [5, 5.41) is 3.48. The molecule has 4 aliphatic rings. The van der Waals surface area contributed by atoms with Crippen molar-refractivity contribution in [3.63, 3.8) is 0 Å². The minimum absolute atomic E-state index is 0.133. The summed E-state index contributed by atoms with van der Waals surface area (Å²) < 4.78 is 0. The number of carbonyl (C=O) groups excluding carboxylic acids is 1. The number of rotatable bonds is 2. The van der Waals surface area contributed by atoms with Gasteiger partial charge in [0.1, 0.15) is 6.04 Å². The monoisotopic (exact) mass is 285 g/mol. The SMILES string of the molecule is CC1NC(c2ccccc2)C(=O)N1C1CN2CCC1CC2. The van der Waals surface area contributed by atoms with E-state index in [1.165, 1.54) is 25.9 Å². The van der Waals surface area contributed by atoms with E-state index in [-0.39, 0.29) is 18.1 Å². The Morgan fingerprint density at radius 1 is 1.14 bits per heavy atom. The number of nitrogens with zero attached hydrogens (tertiary/aromatic N) is 2. The fraction of sp³-hybridized carbons (Fsp3) is 0.588. The second-order valence-corrected chi connectivity index (χ2v) is 6.64. The van der Waals surface area contributed by atoms with Gasteiger partial charge in [-0.05, 0) is 44.3 Å². The van der Waals surface area contributed by atoms with E-state index >= 15 is 0 Å². The van der Waals surface area contributed by atoms with Crippen LogP contribution in [-0.4, -0.2) is 47.5 Å². The van der Waals surface area contributed by atoms with E-state index in [0.29, 0.717) is 12.0 Å². The van der Waals surface area contributed by atoms with Crippen LogP contribution in [0.5, 0.6) is 0 Å². The Bertz CT molecular complexity index is 524. The van der Waals surface area contributed by atoms with Crippen molar-refractivity contribution in [3.8, 4) is 0 Å². The highest BCUT2D eigenvalue weighted by Crippen LogP contribution is 2.35. The van der Waals surface area contributed by atoms with Crippen molar-refractivity contribution in [2.24, 2.45) is 5.92 Å². The van der Waals surface area contributed by atoms with Crippen molar-refractivity contribution >= 4 is 5.91 Å². The highest BCUT2D eigenvalue weighted by atomic mass is 16.2. The predicted molar refractivity (Wildman–Crippen MR) is 81.6 cm³/mol. The molecule has 4 heterocycles. The van der Waals surface area contributed by atoms with Gasteiger partial charge in [-0.3, -0.25) is 10.1 Å². The van der Waals surface area contributed by atoms with Gasteiger partial charge in [-0.15, -0.1) is 0 Å². The Morgan fingerprint density at radius 3 is 2.48 bits per heavy atom. The van der Waals surface area contributed by atoms with Crippen molar-refractivity contribution in [1.29, 1.82) is 0 Å². The molecule has 1 N–H and O–H groups in total. The molecule has 0 radical (unpaired) electrons. The van der Waals surface area contributed by atoms with Crippen molar-refractivity contribution in [2.45, 2.75) is 38.0 Å². The minimum atomic E-state index is -0.170. The summed E-state index contributed by atoms with van der Waals surface area (Å²) in [6, 6.07) is 10.3. The van der Waals surface area contributed by atoms with E-state index in [2.05, 4.69) is 22.0 Å². The topological polar surface area (TPSA) is 35.6 Å². The summed E-state index contributed by atoms with van der Waals surface area (Å²) in [5.74, 6) is 0.949. The van der Waals surface area contributed by atoms with E-state index in [1.807, 2.05) is 30.3 Å². The smallest absolute Gasteiger partial charge is 0.245 e. The van der Waals surface area contributed by atoms with Crippen molar-refractivity contribution in [2.75, 3.05) is 19.6 Å². The molecule has 0 aliphatic carbocycles. The summed E-state index contributed by atoms with van der Waals surface area (Å²) >= 11 is 0. The summed E-state index contributed by atoms with van der Waals surface area (Å²) in [6.45, 7) is 5.61. The Labute approximate surface area is 126 Å². The molecule has 1 aromatic carbocycles. The molecule has 0 spiro atoms. The fourth-order valence-electron chi connectivity index (χ4n) is 4.32. The second-order valence-electron chi connectivity index (χ2n) is 6.64. The Balaban J connectivity index is 1.58. The first kappa shape index (κ1) is 13.3. The highest BCUT2D eigenvalue weighted by molar-refractivity contribution is 5.86. The van der Waals surface area contributed by atoms with Crippen LogP contribution >= 0.6 is 0 Å². The molecule has 3 atom stereocenters. The number of amides is 1. The first-order valence-electron chi connectivity index (χ1n) is 8.09. The molecule has 4 saturated heterocycles. The van der Waals surface area contributed by atoms with Gasteiger partial charge in [-0.2, -0.15) is 0 Å². The van der Waals surface area contributed by atoms with E-state index in [0.717, 1.165) is 12.1 Å². The second kappa shape index (κ2) is 5.11. The normalized spacial score (nSPS) is 39.0. The van der Waals surface area contributed by atoms with Gasteiger partial charge in [0.05, 0.1) is 6.17 Å². The van der Waals surface area contributed by atoms with E-state index in [4.69, 9.17) is 0 Å². The van der Waals surface area contributed by atoms with Crippen molar-refractivity contribution < 1.29 is 4.79 Å². The largest absolute Gasteiger partial charge is 0.321 e. The van der Waals surface area contributed by atoms with Crippen molar-refractivity contribution in [1.82, 2.24) is 15.1 Å². The zero-order valence-electron chi connectivity index (χ0n) is 12.5. The first-order valence-corrected chi connectivity index (χ1v) is 8.09. The van der Waals surface area contributed by atoms with Gasteiger partial charge in [0, 0.05) is 12.6 Å². The van der Waals surface area contributed by atoms with E-state index < -0.39 is 0 Å². The molecule has 1 amide bonds. The molecule has 21 heavy (non-hydrogen) atoms. The van der Waals surface area contributed by atoms with E-state index in [9.17, 15) is 4.79 Å². The number of benzene rings is 1. The van der Waals surface area contributed by atoms with Gasteiger partial charge in [0.2, 0.25) is 5.91 Å². The standard InChI is InChI=1S/C17H23N3O/c1-12-18-16(14-5-3-2-4-6-14)17(21)20(12)15-11-19-9-7-13(15)8-10-19/h2-6,12-13,15-16,18H,7-11H2,1H3. The van der Waals surface area contributed by atoms with Gasteiger partial charge in [0.25, 0.3) is 0 Å². The summed E-state index contributed by atoms with van der Waals surface area (Å²) in [4.78, 5) is 17.6. The molecule has 2 bridgehead atoms. The quantitative estimate of drug-likeness (QED) is 0.896. The zero-order valence-corrected chi connectivity index (χ0v) is 12.5.